The molecule has 6 heteroatoms. The average molecular weight is 323 g/mol. The van der Waals surface area contributed by atoms with Crippen molar-refractivity contribution < 1.29 is 13.2 Å². The highest BCUT2D eigenvalue weighted by Gasteiger charge is 2.24. The van der Waals surface area contributed by atoms with E-state index in [1.54, 1.807) is 12.1 Å². The summed E-state index contributed by atoms with van der Waals surface area (Å²) >= 11 is 5.81. The van der Waals surface area contributed by atoms with Crippen LogP contribution in [0.2, 0.25) is 5.02 Å². The second kappa shape index (κ2) is 5.90. The van der Waals surface area contributed by atoms with Crippen molar-refractivity contribution in [3.63, 3.8) is 0 Å². The van der Waals surface area contributed by atoms with Gasteiger partial charge in [0.05, 0.1) is 6.10 Å². The lowest BCUT2D eigenvalue weighted by Gasteiger charge is -2.27. The summed E-state index contributed by atoms with van der Waals surface area (Å²) in [5.74, 6) is 0.889. The highest BCUT2D eigenvalue weighted by molar-refractivity contribution is 8.13. The van der Waals surface area contributed by atoms with E-state index in [1.807, 2.05) is 0 Å². The molecule has 19 heavy (non-hydrogen) atoms. The molecule has 0 radical (unpaired) electrons. The van der Waals surface area contributed by atoms with Crippen molar-refractivity contribution >= 4 is 31.3 Å². The zero-order valence-corrected chi connectivity index (χ0v) is 12.9. The van der Waals surface area contributed by atoms with Gasteiger partial charge in [-0.3, -0.25) is 0 Å². The van der Waals surface area contributed by atoms with E-state index in [0.29, 0.717) is 16.7 Å². The van der Waals surface area contributed by atoms with Gasteiger partial charge in [0.15, 0.2) is 0 Å². The Labute approximate surface area is 123 Å². The quantitative estimate of drug-likeness (QED) is 0.782. The molecule has 0 amide bonds. The largest absolute Gasteiger partial charge is 0.489 e. The third-order valence-corrected chi connectivity index (χ3v) is 4.93. The van der Waals surface area contributed by atoms with E-state index in [1.165, 1.54) is 12.5 Å². The van der Waals surface area contributed by atoms with Gasteiger partial charge in [0.2, 0.25) is 0 Å². The number of benzene rings is 1. The predicted molar refractivity (Wildman–Crippen MR) is 76.5 cm³/mol. The van der Waals surface area contributed by atoms with E-state index in [9.17, 15) is 8.42 Å². The Balaban J connectivity index is 2.25. The first-order chi connectivity index (χ1) is 8.86. The molecular formula is C13H16Cl2O3S. The Morgan fingerprint density at radius 2 is 2.05 bits per heavy atom. The van der Waals surface area contributed by atoms with E-state index < -0.39 is 9.05 Å². The van der Waals surface area contributed by atoms with Crippen molar-refractivity contribution in [1.82, 2.24) is 0 Å². The molecule has 0 aliphatic heterocycles. The zero-order valence-electron chi connectivity index (χ0n) is 10.6. The van der Waals surface area contributed by atoms with Crippen LogP contribution in [0.5, 0.6) is 5.75 Å². The monoisotopic (exact) mass is 322 g/mol. The molecule has 2 atom stereocenters. The summed E-state index contributed by atoms with van der Waals surface area (Å²) in [6, 6.07) is 4.50. The number of hydrogen-bond acceptors (Lipinski definition) is 3. The molecule has 1 aliphatic carbocycles. The maximum Gasteiger partial charge on any atom is 0.265 e. The summed E-state index contributed by atoms with van der Waals surface area (Å²) in [6.07, 6.45) is 4.21. The fourth-order valence-electron chi connectivity index (χ4n) is 2.43. The molecule has 0 heterocycles. The topological polar surface area (TPSA) is 43.4 Å². The highest BCUT2D eigenvalue weighted by atomic mass is 35.7. The molecular weight excluding hydrogens is 307 g/mol. The smallest absolute Gasteiger partial charge is 0.265 e. The minimum atomic E-state index is -3.86. The van der Waals surface area contributed by atoms with Crippen molar-refractivity contribution in [1.29, 1.82) is 0 Å². The molecule has 3 nitrogen and oxygen atoms in total. The molecule has 0 N–H and O–H groups in total. The van der Waals surface area contributed by atoms with Gasteiger partial charge >= 0.3 is 0 Å². The van der Waals surface area contributed by atoms with Gasteiger partial charge in [0.25, 0.3) is 9.05 Å². The number of halogens is 2. The molecule has 1 aromatic rings. The van der Waals surface area contributed by atoms with Gasteiger partial charge in [-0.1, -0.05) is 24.9 Å². The Kier molecular flexibility index (Phi) is 4.64. The molecule has 2 unspecified atom stereocenters. The molecule has 1 fully saturated rings. The van der Waals surface area contributed by atoms with Crippen LogP contribution in [-0.2, 0) is 9.05 Å². The van der Waals surface area contributed by atoms with E-state index in [2.05, 4.69) is 6.92 Å². The SMILES string of the molecule is CC1CCCC(Oc2ccc(Cl)cc2S(=O)(=O)Cl)C1. The third kappa shape index (κ3) is 4.01. The zero-order chi connectivity index (χ0) is 14.0. The Morgan fingerprint density at radius 3 is 2.68 bits per heavy atom. The highest BCUT2D eigenvalue weighted by Crippen LogP contribution is 2.33. The maximum atomic E-state index is 11.5. The Hall–Kier alpha value is -0.450. The minimum absolute atomic E-state index is 0.0436. The average Bonchev–Trinajstić information content (AvgIpc) is 2.30. The molecule has 2 rings (SSSR count). The van der Waals surface area contributed by atoms with Crippen LogP contribution in [0, 0.1) is 5.92 Å². The molecule has 0 saturated heterocycles. The normalized spacial score (nSPS) is 24.2. The minimum Gasteiger partial charge on any atom is -0.489 e. The number of ether oxygens (including phenoxy) is 1. The summed E-state index contributed by atoms with van der Waals surface area (Å²) in [6.45, 7) is 2.18. The van der Waals surface area contributed by atoms with E-state index in [0.717, 1.165) is 19.3 Å². The molecule has 1 aliphatic rings. The second-order valence-corrected chi connectivity index (χ2v) is 8.01. The maximum absolute atomic E-state index is 11.5. The van der Waals surface area contributed by atoms with Crippen LogP contribution in [0.1, 0.15) is 32.6 Å². The molecule has 0 spiro atoms. The summed E-state index contributed by atoms with van der Waals surface area (Å²) in [4.78, 5) is -0.0557. The summed E-state index contributed by atoms with van der Waals surface area (Å²) in [7, 11) is 1.56. The summed E-state index contributed by atoms with van der Waals surface area (Å²) in [5, 5.41) is 0.323. The van der Waals surface area contributed by atoms with Crippen molar-refractivity contribution in [2.24, 2.45) is 5.92 Å². The lowest BCUT2D eigenvalue weighted by molar-refractivity contribution is 0.126. The Morgan fingerprint density at radius 1 is 1.32 bits per heavy atom. The fraction of sp³-hybridized carbons (Fsp3) is 0.538. The first-order valence-corrected chi connectivity index (χ1v) is 8.96. The first kappa shape index (κ1) is 14.9. The van der Waals surface area contributed by atoms with Crippen LogP contribution in [0.25, 0.3) is 0 Å². The van der Waals surface area contributed by atoms with E-state index in [-0.39, 0.29) is 11.0 Å². The van der Waals surface area contributed by atoms with Crippen LogP contribution in [0.4, 0.5) is 0 Å². The summed E-state index contributed by atoms with van der Waals surface area (Å²) < 4.78 is 28.9. The molecule has 106 valence electrons. The predicted octanol–water partition coefficient (Wildman–Crippen LogP) is 4.23. The van der Waals surface area contributed by atoms with Crippen molar-refractivity contribution in [3.8, 4) is 5.75 Å². The van der Waals surface area contributed by atoms with Gasteiger partial charge in [-0.2, -0.15) is 0 Å². The van der Waals surface area contributed by atoms with Crippen LogP contribution >= 0.6 is 22.3 Å². The van der Waals surface area contributed by atoms with Crippen molar-refractivity contribution in [2.45, 2.75) is 43.6 Å². The van der Waals surface area contributed by atoms with Gasteiger partial charge in [0, 0.05) is 15.7 Å². The third-order valence-electron chi connectivity index (χ3n) is 3.35. The van der Waals surface area contributed by atoms with Crippen LogP contribution < -0.4 is 4.74 Å². The Bertz CT molecular complexity index is 557. The lowest BCUT2D eigenvalue weighted by atomic mass is 9.89. The van der Waals surface area contributed by atoms with E-state index >= 15 is 0 Å². The number of rotatable bonds is 3. The van der Waals surface area contributed by atoms with Gasteiger partial charge in [-0.25, -0.2) is 8.42 Å². The first-order valence-electron chi connectivity index (χ1n) is 6.27. The van der Waals surface area contributed by atoms with Crippen LogP contribution in [0.15, 0.2) is 23.1 Å². The number of hydrogen-bond donors (Lipinski definition) is 0. The van der Waals surface area contributed by atoms with Crippen molar-refractivity contribution in [3.05, 3.63) is 23.2 Å². The van der Waals surface area contributed by atoms with Crippen LogP contribution in [0.3, 0.4) is 0 Å². The molecule has 1 aromatic carbocycles. The second-order valence-electron chi connectivity index (χ2n) is 5.04. The van der Waals surface area contributed by atoms with Gasteiger partial charge in [0.1, 0.15) is 10.6 Å². The van der Waals surface area contributed by atoms with Gasteiger partial charge in [-0.05, 0) is 43.4 Å². The van der Waals surface area contributed by atoms with Gasteiger partial charge in [-0.15, -0.1) is 0 Å². The molecule has 0 bridgehead atoms. The fourth-order valence-corrected chi connectivity index (χ4v) is 3.66. The van der Waals surface area contributed by atoms with E-state index in [4.69, 9.17) is 27.0 Å². The molecule has 1 saturated carbocycles. The van der Waals surface area contributed by atoms with Gasteiger partial charge < -0.3 is 4.74 Å². The van der Waals surface area contributed by atoms with Crippen LogP contribution in [-0.4, -0.2) is 14.5 Å². The van der Waals surface area contributed by atoms with Crippen molar-refractivity contribution in [2.75, 3.05) is 0 Å². The summed E-state index contributed by atoms with van der Waals surface area (Å²) in [5.41, 5.74) is 0. The molecule has 0 aromatic heterocycles. The lowest BCUT2D eigenvalue weighted by Crippen LogP contribution is -2.24. The standard InChI is InChI=1S/C13H16Cl2O3S/c1-9-3-2-4-11(7-9)18-12-6-5-10(14)8-13(12)19(15,16)17/h5-6,8-9,11H,2-4,7H2,1H3.